The van der Waals surface area contributed by atoms with E-state index in [4.69, 9.17) is 5.73 Å². The Balaban J connectivity index is 2.14. The van der Waals surface area contributed by atoms with Gasteiger partial charge in [0.05, 0.1) is 0 Å². The Bertz CT molecular complexity index is 379. The van der Waals surface area contributed by atoms with Crippen LogP contribution >= 0.6 is 0 Å². The van der Waals surface area contributed by atoms with Crippen LogP contribution in [0.5, 0.6) is 0 Å². The minimum atomic E-state index is 0.254. The summed E-state index contributed by atoms with van der Waals surface area (Å²) < 4.78 is 0. The van der Waals surface area contributed by atoms with E-state index in [0.717, 1.165) is 30.9 Å². The van der Waals surface area contributed by atoms with Crippen LogP contribution in [0.15, 0.2) is 6.07 Å². The van der Waals surface area contributed by atoms with Gasteiger partial charge in [-0.25, -0.2) is 9.97 Å². The molecule has 1 heterocycles. The van der Waals surface area contributed by atoms with E-state index >= 15 is 0 Å². The normalized spacial score (nSPS) is 17.5. The van der Waals surface area contributed by atoms with Crippen molar-refractivity contribution in [1.82, 2.24) is 9.97 Å². The standard InChI is InChI=1S/C13H22N4/c1-3-6-11-15-10(14)9-12(16-11)17-13(4-2)7-5-8-13/h9H,3-8H2,1-2H3,(H3,14,15,16,17). The van der Waals surface area contributed by atoms with Crippen LogP contribution < -0.4 is 11.1 Å². The lowest BCUT2D eigenvalue weighted by atomic mass is 9.75. The van der Waals surface area contributed by atoms with Gasteiger partial charge in [-0.2, -0.15) is 0 Å². The molecular formula is C13H22N4. The molecule has 4 heteroatoms. The minimum absolute atomic E-state index is 0.254. The number of nitrogens with one attached hydrogen (secondary N) is 1. The number of aromatic nitrogens is 2. The molecular weight excluding hydrogens is 212 g/mol. The van der Waals surface area contributed by atoms with Gasteiger partial charge in [-0.05, 0) is 32.1 Å². The quantitative estimate of drug-likeness (QED) is 0.822. The molecule has 0 unspecified atom stereocenters. The molecule has 17 heavy (non-hydrogen) atoms. The molecule has 0 aromatic carbocycles. The zero-order chi connectivity index (χ0) is 12.3. The van der Waals surface area contributed by atoms with E-state index in [0.29, 0.717) is 5.82 Å². The summed E-state index contributed by atoms with van der Waals surface area (Å²) in [6, 6.07) is 1.84. The van der Waals surface area contributed by atoms with Gasteiger partial charge in [-0.3, -0.25) is 0 Å². The average Bonchev–Trinajstić information content (AvgIpc) is 2.23. The second kappa shape index (κ2) is 4.90. The molecule has 0 radical (unpaired) electrons. The molecule has 2 rings (SSSR count). The zero-order valence-corrected chi connectivity index (χ0v) is 10.8. The number of hydrogen-bond acceptors (Lipinski definition) is 4. The first kappa shape index (κ1) is 12.1. The zero-order valence-electron chi connectivity index (χ0n) is 10.8. The molecule has 3 N–H and O–H groups in total. The fourth-order valence-electron chi connectivity index (χ4n) is 2.36. The number of anilines is 2. The molecule has 1 aromatic rings. The van der Waals surface area contributed by atoms with Crippen molar-refractivity contribution in [3.05, 3.63) is 11.9 Å². The predicted molar refractivity (Wildman–Crippen MR) is 70.9 cm³/mol. The highest BCUT2D eigenvalue weighted by molar-refractivity contribution is 5.47. The van der Waals surface area contributed by atoms with Gasteiger partial charge < -0.3 is 11.1 Å². The van der Waals surface area contributed by atoms with Gasteiger partial charge in [0.15, 0.2) is 0 Å². The topological polar surface area (TPSA) is 63.8 Å². The van der Waals surface area contributed by atoms with Gasteiger partial charge in [0, 0.05) is 18.0 Å². The third-order valence-corrected chi connectivity index (χ3v) is 3.65. The number of hydrogen-bond donors (Lipinski definition) is 2. The maximum Gasteiger partial charge on any atom is 0.133 e. The Morgan fingerprint density at radius 3 is 2.65 bits per heavy atom. The Kier molecular flexibility index (Phi) is 3.50. The van der Waals surface area contributed by atoms with E-state index in [-0.39, 0.29) is 5.54 Å². The number of nitrogen functional groups attached to an aromatic ring is 1. The second-order valence-electron chi connectivity index (χ2n) is 4.96. The highest BCUT2D eigenvalue weighted by Gasteiger charge is 2.35. The maximum absolute atomic E-state index is 5.82. The summed E-state index contributed by atoms with van der Waals surface area (Å²) in [5.74, 6) is 2.31. The first-order chi connectivity index (χ1) is 8.17. The van der Waals surface area contributed by atoms with Crippen LogP contribution in [0.1, 0.15) is 51.8 Å². The van der Waals surface area contributed by atoms with E-state index < -0.39 is 0 Å². The first-order valence-corrected chi connectivity index (χ1v) is 6.59. The molecule has 0 atom stereocenters. The van der Waals surface area contributed by atoms with Crippen LogP contribution in [-0.2, 0) is 6.42 Å². The molecule has 0 bridgehead atoms. The van der Waals surface area contributed by atoms with Crippen LogP contribution in [0.2, 0.25) is 0 Å². The summed E-state index contributed by atoms with van der Waals surface area (Å²) in [7, 11) is 0. The van der Waals surface area contributed by atoms with Crippen LogP contribution in [-0.4, -0.2) is 15.5 Å². The van der Waals surface area contributed by atoms with Crippen molar-refractivity contribution in [2.45, 2.75) is 57.9 Å². The molecule has 1 aliphatic rings. The first-order valence-electron chi connectivity index (χ1n) is 6.59. The SMILES string of the molecule is CCCc1nc(N)cc(NC2(CC)CCC2)n1. The molecule has 0 amide bonds. The van der Waals surface area contributed by atoms with Crippen LogP contribution in [0.4, 0.5) is 11.6 Å². The van der Waals surface area contributed by atoms with Crippen molar-refractivity contribution in [2.24, 2.45) is 0 Å². The van der Waals surface area contributed by atoms with E-state index in [1.54, 1.807) is 0 Å². The predicted octanol–water partition coefficient (Wildman–Crippen LogP) is 2.76. The van der Waals surface area contributed by atoms with Crippen molar-refractivity contribution >= 4 is 11.6 Å². The summed E-state index contributed by atoms with van der Waals surface area (Å²) >= 11 is 0. The van der Waals surface area contributed by atoms with Crippen molar-refractivity contribution in [2.75, 3.05) is 11.1 Å². The summed E-state index contributed by atoms with van der Waals surface area (Å²) in [6.45, 7) is 4.35. The Hall–Kier alpha value is -1.32. The van der Waals surface area contributed by atoms with Gasteiger partial charge >= 0.3 is 0 Å². The van der Waals surface area contributed by atoms with Gasteiger partial charge in [-0.15, -0.1) is 0 Å². The van der Waals surface area contributed by atoms with Gasteiger partial charge in [-0.1, -0.05) is 13.8 Å². The highest BCUT2D eigenvalue weighted by Crippen LogP contribution is 2.37. The van der Waals surface area contributed by atoms with E-state index in [9.17, 15) is 0 Å². The van der Waals surface area contributed by atoms with Crippen LogP contribution in [0.3, 0.4) is 0 Å². The summed E-state index contributed by atoms with van der Waals surface area (Å²) in [6.07, 6.45) is 6.84. The summed E-state index contributed by atoms with van der Waals surface area (Å²) in [5, 5.41) is 3.55. The molecule has 1 saturated carbocycles. The molecule has 94 valence electrons. The monoisotopic (exact) mass is 234 g/mol. The van der Waals surface area contributed by atoms with Crippen molar-refractivity contribution in [3.63, 3.8) is 0 Å². The average molecular weight is 234 g/mol. The van der Waals surface area contributed by atoms with Gasteiger partial charge in [0.25, 0.3) is 0 Å². The minimum Gasteiger partial charge on any atom is -0.384 e. The summed E-state index contributed by atoms with van der Waals surface area (Å²) in [5.41, 5.74) is 6.07. The van der Waals surface area contributed by atoms with Crippen molar-refractivity contribution < 1.29 is 0 Å². The van der Waals surface area contributed by atoms with E-state index in [1.807, 2.05) is 6.07 Å². The Morgan fingerprint density at radius 1 is 1.35 bits per heavy atom. The van der Waals surface area contributed by atoms with Crippen molar-refractivity contribution in [3.8, 4) is 0 Å². The molecule has 0 aliphatic heterocycles. The second-order valence-corrected chi connectivity index (χ2v) is 4.96. The molecule has 4 nitrogen and oxygen atoms in total. The Morgan fingerprint density at radius 2 is 2.12 bits per heavy atom. The molecule has 0 saturated heterocycles. The largest absolute Gasteiger partial charge is 0.384 e. The third kappa shape index (κ3) is 2.68. The molecule has 0 spiro atoms. The lowest BCUT2D eigenvalue weighted by Crippen LogP contribution is -2.44. The number of aryl methyl sites for hydroxylation is 1. The Labute approximate surface area is 103 Å². The number of rotatable bonds is 5. The van der Waals surface area contributed by atoms with E-state index in [2.05, 4.69) is 29.1 Å². The molecule has 1 aliphatic carbocycles. The molecule has 1 fully saturated rings. The van der Waals surface area contributed by atoms with Gasteiger partial charge in [0.2, 0.25) is 0 Å². The van der Waals surface area contributed by atoms with Crippen LogP contribution in [0.25, 0.3) is 0 Å². The van der Waals surface area contributed by atoms with E-state index in [1.165, 1.54) is 19.3 Å². The smallest absolute Gasteiger partial charge is 0.133 e. The third-order valence-electron chi connectivity index (χ3n) is 3.65. The lowest BCUT2D eigenvalue weighted by molar-refractivity contribution is 0.268. The number of nitrogens with two attached hydrogens (primary N) is 1. The summed E-state index contributed by atoms with van der Waals surface area (Å²) in [4.78, 5) is 8.79. The lowest BCUT2D eigenvalue weighted by Gasteiger charge is -2.42. The maximum atomic E-state index is 5.82. The van der Waals surface area contributed by atoms with Gasteiger partial charge in [0.1, 0.15) is 17.5 Å². The van der Waals surface area contributed by atoms with Crippen LogP contribution in [0, 0.1) is 0 Å². The number of nitrogens with zero attached hydrogens (tertiary/aromatic N) is 2. The fraction of sp³-hybridized carbons (Fsp3) is 0.692. The fourth-order valence-corrected chi connectivity index (χ4v) is 2.36. The van der Waals surface area contributed by atoms with Crippen molar-refractivity contribution in [1.29, 1.82) is 0 Å². The highest BCUT2D eigenvalue weighted by atomic mass is 15.1. The molecule has 1 aromatic heterocycles.